The highest BCUT2D eigenvalue weighted by Crippen LogP contribution is 2.30. The molecule has 1 aliphatic heterocycles. The molecule has 0 spiro atoms. The first-order valence-corrected chi connectivity index (χ1v) is 10.6. The predicted octanol–water partition coefficient (Wildman–Crippen LogP) is 3.43. The first kappa shape index (κ1) is 22.1. The smallest absolute Gasteiger partial charge is 0.303 e. The van der Waals surface area contributed by atoms with Gasteiger partial charge in [-0.1, -0.05) is 44.2 Å². The fourth-order valence-corrected chi connectivity index (χ4v) is 4.04. The van der Waals surface area contributed by atoms with Crippen molar-refractivity contribution in [2.75, 3.05) is 5.32 Å². The Balaban J connectivity index is 1.77. The summed E-state index contributed by atoms with van der Waals surface area (Å²) in [6, 6.07) is 13.9. The van der Waals surface area contributed by atoms with Crippen LogP contribution in [0.15, 0.2) is 60.8 Å². The highest BCUT2D eigenvalue weighted by atomic mass is 16.5. The third-order valence-corrected chi connectivity index (χ3v) is 5.53. The van der Waals surface area contributed by atoms with Gasteiger partial charge in [0.05, 0.1) is 22.3 Å². The fourth-order valence-electron chi connectivity index (χ4n) is 4.04. The molecule has 3 aromatic rings. The number of imide groups is 1. The molecule has 2 atom stereocenters. The van der Waals surface area contributed by atoms with Crippen LogP contribution in [-0.4, -0.2) is 45.7 Å². The number of esters is 1. The second-order valence-electron chi connectivity index (χ2n) is 8.16. The molecule has 1 aliphatic rings. The van der Waals surface area contributed by atoms with E-state index < -0.39 is 35.8 Å². The summed E-state index contributed by atoms with van der Waals surface area (Å²) in [6.45, 7) is 4.73. The van der Waals surface area contributed by atoms with Gasteiger partial charge in [0.25, 0.3) is 17.7 Å². The maximum Gasteiger partial charge on any atom is 0.303 e. The van der Waals surface area contributed by atoms with Crippen LogP contribution < -0.4 is 5.32 Å². The Labute approximate surface area is 190 Å². The molecule has 3 amide bonds. The van der Waals surface area contributed by atoms with Crippen molar-refractivity contribution in [1.29, 1.82) is 0 Å². The van der Waals surface area contributed by atoms with E-state index in [4.69, 9.17) is 4.74 Å². The SMILES string of the molecule is CC(=O)O[C@@H](C(C)C)[C@@H](C(=O)Nc1cccc2cccnc12)N1C(=O)c2ccccc2C1=O. The Hall–Kier alpha value is -4.07. The summed E-state index contributed by atoms with van der Waals surface area (Å²) in [4.78, 5) is 57.1. The van der Waals surface area contributed by atoms with Crippen LogP contribution in [0.25, 0.3) is 10.9 Å². The number of benzene rings is 2. The van der Waals surface area contributed by atoms with Crippen LogP contribution in [0.3, 0.4) is 0 Å². The zero-order valence-electron chi connectivity index (χ0n) is 18.4. The number of ether oxygens (including phenoxy) is 1. The minimum atomic E-state index is -1.37. The number of nitrogens with one attached hydrogen (secondary N) is 1. The van der Waals surface area contributed by atoms with Crippen molar-refractivity contribution in [3.63, 3.8) is 0 Å². The van der Waals surface area contributed by atoms with Gasteiger partial charge in [0, 0.05) is 18.5 Å². The van der Waals surface area contributed by atoms with Crippen molar-refractivity contribution in [3.05, 3.63) is 71.9 Å². The Kier molecular flexibility index (Phi) is 5.91. The number of pyridine rings is 1. The van der Waals surface area contributed by atoms with Crippen molar-refractivity contribution >= 4 is 40.3 Å². The van der Waals surface area contributed by atoms with Crippen molar-refractivity contribution < 1.29 is 23.9 Å². The maximum atomic E-state index is 13.6. The van der Waals surface area contributed by atoms with Gasteiger partial charge in [0.1, 0.15) is 6.10 Å². The summed E-state index contributed by atoms with van der Waals surface area (Å²) in [5, 5.41) is 3.61. The number of aromatic nitrogens is 1. The minimum Gasteiger partial charge on any atom is -0.459 e. The molecule has 0 radical (unpaired) electrons. The number of nitrogens with zero attached hydrogens (tertiary/aromatic N) is 2. The van der Waals surface area contributed by atoms with Crippen LogP contribution in [0, 0.1) is 5.92 Å². The number of carbonyl (C=O) groups excluding carboxylic acids is 4. The van der Waals surface area contributed by atoms with Crippen LogP contribution in [0.2, 0.25) is 0 Å². The molecule has 2 aromatic carbocycles. The predicted molar refractivity (Wildman–Crippen MR) is 121 cm³/mol. The highest BCUT2D eigenvalue weighted by molar-refractivity contribution is 6.23. The first-order chi connectivity index (χ1) is 15.8. The van der Waals surface area contributed by atoms with Gasteiger partial charge in [-0.05, 0) is 30.2 Å². The Morgan fingerprint density at radius 3 is 2.18 bits per heavy atom. The first-order valence-electron chi connectivity index (χ1n) is 10.6. The summed E-state index contributed by atoms with van der Waals surface area (Å²) in [6.07, 6.45) is 0.558. The topological polar surface area (TPSA) is 106 Å². The van der Waals surface area contributed by atoms with Crippen molar-refractivity contribution in [2.45, 2.75) is 32.9 Å². The highest BCUT2D eigenvalue weighted by Gasteiger charge is 2.48. The number of para-hydroxylation sites is 1. The summed E-state index contributed by atoms with van der Waals surface area (Å²) in [7, 11) is 0. The van der Waals surface area contributed by atoms with Gasteiger partial charge in [-0.15, -0.1) is 0 Å². The normalized spacial score (nSPS) is 14.8. The van der Waals surface area contributed by atoms with Gasteiger partial charge in [-0.25, -0.2) is 0 Å². The fraction of sp³-hybridized carbons (Fsp3) is 0.240. The van der Waals surface area contributed by atoms with E-state index in [0.29, 0.717) is 11.2 Å². The Bertz CT molecular complexity index is 1230. The van der Waals surface area contributed by atoms with Crippen LogP contribution in [-0.2, 0) is 14.3 Å². The summed E-state index contributed by atoms with van der Waals surface area (Å²) in [5.74, 6) is -2.84. The summed E-state index contributed by atoms with van der Waals surface area (Å²) < 4.78 is 5.47. The number of fused-ring (bicyclic) bond motifs is 2. The molecule has 2 heterocycles. The minimum absolute atomic E-state index is 0.206. The van der Waals surface area contributed by atoms with Gasteiger partial charge < -0.3 is 10.1 Å². The molecule has 1 aromatic heterocycles. The maximum absolute atomic E-state index is 13.6. The lowest BCUT2D eigenvalue weighted by Gasteiger charge is -2.33. The summed E-state index contributed by atoms with van der Waals surface area (Å²) >= 11 is 0. The van der Waals surface area contributed by atoms with Crippen molar-refractivity contribution in [1.82, 2.24) is 9.88 Å². The molecule has 0 saturated carbocycles. The molecule has 0 unspecified atom stereocenters. The van der Waals surface area contributed by atoms with E-state index in [1.807, 2.05) is 12.1 Å². The molecule has 33 heavy (non-hydrogen) atoms. The van der Waals surface area contributed by atoms with Crippen LogP contribution in [0.5, 0.6) is 0 Å². The van der Waals surface area contributed by atoms with Gasteiger partial charge in [-0.3, -0.25) is 29.1 Å². The van der Waals surface area contributed by atoms with E-state index in [2.05, 4.69) is 10.3 Å². The number of anilines is 1. The van der Waals surface area contributed by atoms with E-state index in [1.165, 1.54) is 19.1 Å². The monoisotopic (exact) mass is 445 g/mol. The number of hydrogen-bond acceptors (Lipinski definition) is 6. The van der Waals surface area contributed by atoms with Crippen LogP contribution >= 0.6 is 0 Å². The largest absolute Gasteiger partial charge is 0.459 e. The molecule has 8 heteroatoms. The lowest BCUT2D eigenvalue weighted by Crippen LogP contribution is -2.56. The van der Waals surface area contributed by atoms with Gasteiger partial charge >= 0.3 is 5.97 Å². The second-order valence-corrected chi connectivity index (χ2v) is 8.16. The van der Waals surface area contributed by atoms with E-state index in [0.717, 1.165) is 10.3 Å². The number of hydrogen-bond donors (Lipinski definition) is 1. The number of rotatable bonds is 6. The Morgan fingerprint density at radius 2 is 1.58 bits per heavy atom. The molecule has 4 rings (SSSR count). The molecular weight excluding hydrogens is 422 g/mol. The van der Waals surface area contributed by atoms with E-state index in [-0.39, 0.29) is 17.0 Å². The molecular formula is C25H23N3O5. The third kappa shape index (κ3) is 4.07. The van der Waals surface area contributed by atoms with Crippen LogP contribution in [0.1, 0.15) is 41.5 Å². The lowest BCUT2D eigenvalue weighted by atomic mass is 9.96. The zero-order chi connectivity index (χ0) is 23.7. The van der Waals surface area contributed by atoms with Crippen LogP contribution in [0.4, 0.5) is 5.69 Å². The average Bonchev–Trinajstić information content (AvgIpc) is 3.04. The van der Waals surface area contributed by atoms with Gasteiger partial charge in [-0.2, -0.15) is 0 Å². The van der Waals surface area contributed by atoms with Crippen molar-refractivity contribution in [2.24, 2.45) is 5.92 Å². The second kappa shape index (κ2) is 8.82. The molecule has 168 valence electrons. The number of amides is 3. The van der Waals surface area contributed by atoms with E-state index >= 15 is 0 Å². The molecule has 0 aliphatic carbocycles. The number of carbonyl (C=O) groups is 4. The third-order valence-electron chi connectivity index (χ3n) is 5.53. The van der Waals surface area contributed by atoms with E-state index in [9.17, 15) is 19.2 Å². The molecule has 0 fully saturated rings. The summed E-state index contributed by atoms with van der Waals surface area (Å²) in [5.41, 5.74) is 1.39. The Morgan fingerprint density at radius 1 is 0.939 bits per heavy atom. The van der Waals surface area contributed by atoms with Gasteiger partial charge in [0.15, 0.2) is 6.04 Å². The molecule has 0 saturated heterocycles. The molecule has 8 nitrogen and oxygen atoms in total. The standard InChI is InChI=1S/C25H23N3O5/c1-14(2)22(33-15(3)29)21(28-24(31)17-10-4-5-11-18(17)25(28)32)23(30)27-19-12-6-8-16-9-7-13-26-20(16)19/h4-14,21-22H,1-3H3,(H,27,30)/t21-,22-/m0/s1. The zero-order valence-corrected chi connectivity index (χ0v) is 18.4. The lowest BCUT2D eigenvalue weighted by molar-refractivity contribution is -0.153. The quantitative estimate of drug-likeness (QED) is 0.460. The van der Waals surface area contributed by atoms with E-state index in [1.54, 1.807) is 50.4 Å². The average molecular weight is 445 g/mol. The van der Waals surface area contributed by atoms with Crippen molar-refractivity contribution in [3.8, 4) is 0 Å². The van der Waals surface area contributed by atoms with Gasteiger partial charge in [0.2, 0.25) is 0 Å². The molecule has 0 bridgehead atoms. The molecule has 1 N–H and O–H groups in total.